The Morgan fingerprint density at radius 3 is 1.28 bits per heavy atom. The van der Waals surface area contributed by atoms with Crippen molar-refractivity contribution in [3.05, 3.63) is 144 Å². The van der Waals surface area contributed by atoms with Gasteiger partial charge in [0.1, 0.15) is 12.1 Å². The molecule has 86 heavy (non-hydrogen) atoms. The SMILES string of the molecule is CC(C)C[C@@H](NC(=O)[C@H](CC(=O)[C@H](N)Cc1ccccc1)Cc1ccccc1)C(=O)C[C@@H]1CCCCNC(=O)CNC(=O)[C@H](NC(=O)[C@@H](CC(C)C)NC(=O)[C@H](CC(=O)C(N)Cc2ccccc2)Cc2ccccc2)CCCCNC(=O)CNC1=O. The van der Waals surface area contributed by atoms with Crippen molar-refractivity contribution in [3.63, 3.8) is 0 Å². The van der Waals surface area contributed by atoms with Crippen LogP contribution in [0.1, 0.15) is 121 Å². The first-order valence-electron chi connectivity index (χ1n) is 30.5. The molecule has 464 valence electrons. The van der Waals surface area contributed by atoms with Gasteiger partial charge < -0.3 is 48.7 Å². The van der Waals surface area contributed by atoms with Gasteiger partial charge in [-0.2, -0.15) is 0 Å². The number of nitrogens with one attached hydrogen (secondary N) is 7. The first-order valence-corrected chi connectivity index (χ1v) is 30.5. The summed E-state index contributed by atoms with van der Waals surface area (Å²) in [4.78, 5) is 138. The lowest BCUT2D eigenvalue weighted by atomic mass is 9.87. The van der Waals surface area contributed by atoms with E-state index in [1.807, 2.05) is 149 Å². The number of carbonyl (C=O) groups is 10. The van der Waals surface area contributed by atoms with Crippen molar-refractivity contribution in [2.75, 3.05) is 26.2 Å². The summed E-state index contributed by atoms with van der Waals surface area (Å²) >= 11 is 0. The maximum Gasteiger partial charge on any atom is 0.243 e. The lowest BCUT2D eigenvalue weighted by Gasteiger charge is -2.26. The van der Waals surface area contributed by atoms with Gasteiger partial charge in [-0.1, -0.05) is 155 Å². The smallest absolute Gasteiger partial charge is 0.243 e. The third-order valence-electron chi connectivity index (χ3n) is 15.3. The van der Waals surface area contributed by atoms with Gasteiger partial charge in [-0.25, -0.2) is 0 Å². The molecule has 4 aromatic carbocycles. The minimum Gasteiger partial charge on any atom is -0.355 e. The van der Waals surface area contributed by atoms with E-state index in [2.05, 4.69) is 37.2 Å². The highest BCUT2D eigenvalue weighted by atomic mass is 16.2. The molecule has 0 aromatic heterocycles. The predicted octanol–water partition coefficient (Wildman–Crippen LogP) is 4.70. The Labute approximate surface area is 506 Å². The molecule has 0 spiro atoms. The second-order valence-electron chi connectivity index (χ2n) is 23.6. The normalized spacial score (nSPS) is 18.0. The number of amides is 7. The number of Topliss-reactive ketones (excluding diaryl/α,β-unsaturated/α-hetero) is 3. The largest absolute Gasteiger partial charge is 0.355 e. The molecule has 8 atom stereocenters. The third-order valence-corrected chi connectivity index (χ3v) is 15.3. The number of ketones is 3. The Kier molecular flexibility index (Phi) is 29.5. The summed E-state index contributed by atoms with van der Waals surface area (Å²) in [6.45, 7) is 7.11. The second kappa shape index (κ2) is 36.8. The summed E-state index contributed by atoms with van der Waals surface area (Å²) < 4.78 is 0. The van der Waals surface area contributed by atoms with Gasteiger partial charge in [0.05, 0.1) is 31.2 Å². The highest BCUT2D eigenvalue weighted by molar-refractivity contribution is 5.97. The zero-order chi connectivity index (χ0) is 62.4. The molecule has 1 aliphatic heterocycles. The van der Waals surface area contributed by atoms with Crippen molar-refractivity contribution in [2.45, 2.75) is 154 Å². The molecule has 0 saturated carbocycles. The van der Waals surface area contributed by atoms with Gasteiger partial charge in [0.15, 0.2) is 17.3 Å². The molecule has 1 aliphatic rings. The molecular weight excluding hydrogens is 1090 g/mol. The van der Waals surface area contributed by atoms with Crippen LogP contribution in [0.5, 0.6) is 0 Å². The highest BCUT2D eigenvalue weighted by Crippen LogP contribution is 2.22. The van der Waals surface area contributed by atoms with E-state index in [0.717, 1.165) is 22.3 Å². The van der Waals surface area contributed by atoms with Crippen molar-refractivity contribution in [1.82, 2.24) is 37.2 Å². The van der Waals surface area contributed by atoms with Crippen LogP contribution in [-0.2, 0) is 73.6 Å². The molecule has 19 heteroatoms. The van der Waals surface area contributed by atoms with Gasteiger partial charge in [0, 0.05) is 50.1 Å². The van der Waals surface area contributed by atoms with Gasteiger partial charge in [-0.05, 0) is 105 Å². The number of benzene rings is 4. The fraction of sp³-hybridized carbons (Fsp3) is 0.493. The predicted molar refractivity (Wildman–Crippen MR) is 330 cm³/mol. The minimum absolute atomic E-state index is 0.0424. The summed E-state index contributed by atoms with van der Waals surface area (Å²) in [7, 11) is 0. The van der Waals surface area contributed by atoms with E-state index < -0.39 is 102 Å². The van der Waals surface area contributed by atoms with Gasteiger partial charge in [0.2, 0.25) is 41.4 Å². The minimum atomic E-state index is -1.14. The van der Waals surface area contributed by atoms with E-state index in [-0.39, 0.29) is 100 Å². The van der Waals surface area contributed by atoms with Crippen molar-refractivity contribution in [3.8, 4) is 0 Å². The van der Waals surface area contributed by atoms with Gasteiger partial charge >= 0.3 is 0 Å². The Morgan fingerprint density at radius 1 is 0.465 bits per heavy atom. The van der Waals surface area contributed by atoms with E-state index in [9.17, 15) is 47.9 Å². The van der Waals surface area contributed by atoms with E-state index in [0.29, 0.717) is 38.5 Å². The van der Waals surface area contributed by atoms with Crippen LogP contribution in [0.3, 0.4) is 0 Å². The van der Waals surface area contributed by atoms with E-state index in [4.69, 9.17) is 11.5 Å². The molecule has 1 saturated heterocycles. The van der Waals surface area contributed by atoms with Gasteiger partial charge in [0.25, 0.3) is 0 Å². The van der Waals surface area contributed by atoms with E-state index >= 15 is 0 Å². The maximum absolute atomic E-state index is 14.3. The average Bonchev–Trinajstić information content (AvgIpc) is 3.60. The summed E-state index contributed by atoms with van der Waals surface area (Å²) in [5.41, 5.74) is 16.2. The number of carbonyl (C=O) groups excluding carboxylic acids is 10. The molecule has 5 rings (SSSR count). The number of nitrogens with two attached hydrogens (primary N) is 2. The van der Waals surface area contributed by atoms with Crippen LogP contribution >= 0.6 is 0 Å². The van der Waals surface area contributed by atoms with Crippen LogP contribution in [-0.4, -0.2) is 115 Å². The lowest BCUT2D eigenvalue weighted by molar-refractivity contribution is -0.135. The second-order valence-corrected chi connectivity index (χ2v) is 23.6. The summed E-state index contributed by atoms with van der Waals surface area (Å²) in [5.74, 6) is -7.48. The Balaban J connectivity index is 1.21. The van der Waals surface area contributed by atoms with Crippen molar-refractivity contribution in [2.24, 2.45) is 41.1 Å². The number of rotatable bonds is 27. The summed E-state index contributed by atoms with van der Waals surface area (Å²) in [6.07, 6.45) is 2.68. The maximum atomic E-state index is 14.3. The highest BCUT2D eigenvalue weighted by Gasteiger charge is 2.34. The monoisotopic (exact) mass is 1180 g/mol. The molecule has 1 fully saturated rings. The van der Waals surface area contributed by atoms with Gasteiger partial charge in [-0.3, -0.25) is 47.9 Å². The van der Waals surface area contributed by atoms with Crippen molar-refractivity contribution in [1.29, 1.82) is 0 Å². The summed E-state index contributed by atoms with van der Waals surface area (Å²) in [5, 5.41) is 19.5. The van der Waals surface area contributed by atoms with Crippen molar-refractivity contribution < 1.29 is 47.9 Å². The lowest BCUT2D eigenvalue weighted by Crippen LogP contribution is -2.55. The molecule has 4 aromatic rings. The van der Waals surface area contributed by atoms with Gasteiger partial charge in [-0.15, -0.1) is 0 Å². The zero-order valence-electron chi connectivity index (χ0n) is 50.5. The molecule has 7 amide bonds. The Morgan fingerprint density at radius 2 is 0.849 bits per heavy atom. The fourth-order valence-corrected chi connectivity index (χ4v) is 10.5. The standard InChI is InChI=1S/C67H91N9O10/c1-44(2)33-56(75-64(83)51(35-46-21-9-5-10-22-46)40-58(77)53(68)37-48-25-13-7-14-26-48)60(79)39-50-29-17-19-31-70-62(81)43-73-66(85)55(30-18-20-32-71-61(80)42-72-63(50)82)74-67(86)57(34-45(3)4)76-65(84)52(36-47-23-11-6-12-24-47)41-59(78)54(69)38-49-27-15-8-16-28-49/h5-16,21-28,44-45,50-57H,17-20,29-43,68-69H2,1-4H3,(H,70,81)(H,71,80)(H,72,82)(H,73,85)(H,74,86)(H,75,83)(H,76,84)/t50-,51-,52-,53+,54?,55+,56+,57+/m0/s1. The number of hydrogen-bond acceptors (Lipinski definition) is 12. The first-order chi connectivity index (χ1) is 41.2. The number of hydrogen-bond donors (Lipinski definition) is 9. The van der Waals surface area contributed by atoms with Crippen LogP contribution in [0.2, 0.25) is 0 Å². The van der Waals surface area contributed by atoms with Crippen LogP contribution in [0.25, 0.3) is 0 Å². The van der Waals surface area contributed by atoms with Crippen LogP contribution in [0.15, 0.2) is 121 Å². The van der Waals surface area contributed by atoms with Crippen LogP contribution < -0.4 is 48.7 Å². The van der Waals surface area contributed by atoms with Crippen molar-refractivity contribution >= 4 is 58.7 Å². The average molecular weight is 1180 g/mol. The summed E-state index contributed by atoms with van der Waals surface area (Å²) in [6, 6.07) is 32.3. The van der Waals surface area contributed by atoms with Crippen LogP contribution in [0.4, 0.5) is 0 Å². The van der Waals surface area contributed by atoms with E-state index in [1.165, 1.54) is 0 Å². The Hall–Kier alpha value is -7.90. The molecule has 0 bridgehead atoms. The third kappa shape index (κ3) is 25.4. The molecule has 19 nitrogen and oxygen atoms in total. The first kappa shape index (κ1) is 68.9. The zero-order valence-corrected chi connectivity index (χ0v) is 50.5. The Bertz CT molecular complexity index is 2630. The molecule has 0 radical (unpaired) electrons. The molecule has 1 heterocycles. The molecule has 0 aliphatic carbocycles. The molecular formula is C67H91N9O10. The molecule has 1 unspecified atom stereocenters. The van der Waals surface area contributed by atoms with E-state index in [1.54, 1.807) is 0 Å². The van der Waals surface area contributed by atoms with Crippen LogP contribution in [0, 0.1) is 29.6 Å². The topological polar surface area (TPSA) is 307 Å². The fourth-order valence-electron chi connectivity index (χ4n) is 10.5. The molecule has 11 N–H and O–H groups in total. The quantitative estimate of drug-likeness (QED) is 0.0393.